The Hall–Kier alpha value is -2.20. The zero-order valence-corrected chi connectivity index (χ0v) is 11.8. The lowest BCUT2D eigenvalue weighted by Gasteiger charge is -2.24. The number of nitrogens with zero attached hydrogens (tertiary/aromatic N) is 2. The van der Waals surface area contributed by atoms with Crippen molar-refractivity contribution in [2.75, 3.05) is 6.54 Å². The standard InChI is InChI=1S/C17H18N2O2/c20-19(21)16-10-8-14(9-11-16)13-18-12-4-7-17(18)15-5-2-1-3-6-15/h1-3,5-6,8-11,17H,4,7,12-13H2/t17-/m0/s1. The maximum absolute atomic E-state index is 10.7. The average molecular weight is 282 g/mol. The Morgan fingerprint density at radius 3 is 2.48 bits per heavy atom. The molecule has 0 bridgehead atoms. The highest BCUT2D eigenvalue weighted by Gasteiger charge is 2.25. The first-order valence-electron chi connectivity index (χ1n) is 7.26. The van der Waals surface area contributed by atoms with Crippen LogP contribution in [0.25, 0.3) is 0 Å². The van der Waals surface area contributed by atoms with Gasteiger partial charge in [0, 0.05) is 24.7 Å². The van der Waals surface area contributed by atoms with Crippen molar-refractivity contribution >= 4 is 5.69 Å². The zero-order chi connectivity index (χ0) is 14.7. The predicted octanol–water partition coefficient (Wildman–Crippen LogP) is 3.93. The van der Waals surface area contributed by atoms with Gasteiger partial charge >= 0.3 is 0 Å². The van der Waals surface area contributed by atoms with Gasteiger partial charge in [0.25, 0.3) is 5.69 Å². The van der Waals surface area contributed by atoms with E-state index in [9.17, 15) is 10.1 Å². The summed E-state index contributed by atoms with van der Waals surface area (Å²) in [5.74, 6) is 0. The lowest BCUT2D eigenvalue weighted by molar-refractivity contribution is -0.384. The summed E-state index contributed by atoms with van der Waals surface area (Å²) in [5.41, 5.74) is 2.64. The SMILES string of the molecule is O=[N+]([O-])c1ccc(CN2CCC[C@H]2c2ccccc2)cc1. The highest BCUT2D eigenvalue weighted by molar-refractivity contribution is 5.33. The van der Waals surface area contributed by atoms with Crippen LogP contribution in [0.5, 0.6) is 0 Å². The highest BCUT2D eigenvalue weighted by atomic mass is 16.6. The average Bonchev–Trinajstić information content (AvgIpc) is 2.97. The Kier molecular flexibility index (Phi) is 3.97. The van der Waals surface area contributed by atoms with Crippen LogP contribution in [0.4, 0.5) is 5.69 Å². The first-order valence-corrected chi connectivity index (χ1v) is 7.26. The lowest BCUT2D eigenvalue weighted by atomic mass is 10.0. The molecule has 1 aliphatic rings. The quantitative estimate of drug-likeness (QED) is 0.630. The smallest absolute Gasteiger partial charge is 0.269 e. The van der Waals surface area contributed by atoms with Crippen molar-refractivity contribution in [1.29, 1.82) is 0 Å². The highest BCUT2D eigenvalue weighted by Crippen LogP contribution is 2.33. The van der Waals surface area contributed by atoms with Gasteiger partial charge < -0.3 is 0 Å². The monoisotopic (exact) mass is 282 g/mol. The van der Waals surface area contributed by atoms with Crippen LogP contribution in [0.2, 0.25) is 0 Å². The minimum absolute atomic E-state index is 0.153. The van der Waals surface area contributed by atoms with Gasteiger partial charge in [0.15, 0.2) is 0 Å². The van der Waals surface area contributed by atoms with Gasteiger partial charge in [-0.3, -0.25) is 15.0 Å². The maximum atomic E-state index is 10.7. The van der Waals surface area contributed by atoms with Crippen LogP contribution in [-0.4, -0.2) is 16.4 Å². The minimum atomic E-state index is -0.355. The van der Waals surface area contributed by atoms with Gasteiger partial charge in [-0.05, 0) is 30.5 Å². The molecule has 4 heteroatoms. The van der Waals surface area contributed by atoms with E-state index in [0.29, 0.717) is 6.04 Å². The van der Waals surface area contributed by atoms with E-state index >= 15 is 0 Å². The van der Waals surface area contributed by atoms with Crippen LogP contribution in [0, 0.1) is 10.1 Å². The van der Waals surface area contributed by atoms with Gasteiger partial charge in [-0.1, -0.05) is 42.5 Å². The van der Waals surface area contributed by atoms with E-state index in [-0.39, 0.29) is 10.6 Å². The van der Waals surface area contributed by atoms with Crippen molar-refractivity contribution in [3.05, 3.63) is 75.8 Å². The van der Waals surface area contributed by atoms with Crippen molar-refractivity contribution in [2.45, 2.75) is 25.4 Å². The summed E-state index contributed by atoms with van der Waals surface area (Å²) in [4.78, 5) is 12.8. The second-order valence-electron chi connectivity index (χ2n) is 5.46. The molecule has 1 aliphatic heterocycles. The summed E-state index contributed by atoms with van der Waals surface area (Å²) in [6.07, 6.45) is 2.38. The van der Waals surface area contributed by atoms with Gasteiger partial charge in [0.05, 0.1) is 4.92 Å². The van der Waals surface area contributed by atoms with E-state index in [2.05, 4.69) is 29.2 Å². The molecular formula is C17H18N2O2. The second-order valence-corrected chi connectivity index (χ2v) is 5.46. The molecule has 1 atom stereocenters. The van der Waals surface area contributed by atoms with Crippen molar-refractivity contribution < 1.29 is 4.92 Å². The van der Waals surface area contributed by atoms with Crippen molar-refractivity contribution in [3.63, 3.8) is 0 Å². The molecule has 0 aromatic heterocycles. The van der Waals surface area contributed by atoms with Crippen molar-refractivity contribution in [2.24, 2.45) is 0 Å². The molecule has 1 heterocycles. The van der Waals surface area contributed by atoms with E-state index in [1.807, 2.05) is 18.2 Å². The van der Waals surface area contributed by atoms with Gasteiger partial charge in [0.1, 0.15) is 0 Å². The number of nitro benzene ring substituents is 1. The molecule has 0 N–H and O–H groups in total. The maximum Gasteiger partial charge on any atom is 0.269 e. The van der Waals surface area contributed by atoms with Crippen LogP contribution >= 0.6 is 0 Å². The largest absolute Gasteiger partial charge is 0.292 e. The van der Waals surface area contributed by atoms with E-state index in [1.165, 1.54) is 18.4 Å². The number of rotatable bonds is 4. The molecule has 0 aliphatic carbocycles. The minimum Gasteiger partial charge on any atom is -0.292 e. The molecule has 2 aromatic carbocycles. The van der Waals surface area contributed by atoms with Gasteiger partial charge in [-0.15, -0.1) is 0 Å². The summed E-state index contributed by atoms with van der Waals surface area (Å²) < 4.78 is 0. The first-order chi connectivity index (χ1) is 10.2. The normalized spacial score (nSPS) is 18.8. The fourth-order valence-electron chi connectivity index (χ4n) is 3.03. The summed E-state index contributed by atoms with van der Waals surface area (Å²) in [7, 11) is 0. The molecule has 0 radical (unpaired) electrons. The summed E-state index contributed by atoms with van der Waals surface area (Å²) in [6, 6.07) is 17.9. The molecule has 21 heavy (non-hydrogen) atoms. The van der Waals surface area contributed by atoms with Crippen LogP contribution in [0.3, 0.4) is 0 Å². The Bertz CT molecular complexity index is 610. The van der Waals surface area contributed by atoms with Crippen molar-refractivity contribution in [3.8, 4) is 0 Å². The Balaban J connectivity index is 1.73. The molecule has 4 nitrogen and oxygen atoms in total. The van der Waals surface area contributed by atoms with E-state index in [4.69, 9.17) is 0 Å². The summed E-state index contributed by atoms with van der Waals surface area (Å²) in [6.45, 7) is 1.92. The van der Waals surface area contributed by atoms with Crippen LogP contribution < -0.4 is 0 Å². The number of likely N-dealkylation sites (tertiary alicyclic amines) is 1. The van der Waals surface area contributed by atoms with Crippen LogP contribution in [-0.2, 0) is 6.54 Å². The second kappa shape index (κ2) is 6.06. The number of hydrogen-bond acceptors (Lipinski definition) is 3. The van der Waals surface area contributed by atoms with Gasteiger partial charge in [0.2, 0.25) is 0 Å². The zero-order valence-electron chi connectivity index (χ0n) is 11.8. The first kappa shape index (κ1) is 13.8. The number of hydrogen-bond donors (Lipinski definition) is 0. The number of non-ortho nitro benzene ring substituents is 1. The molecule has 0 spiro atoms. The molecule has 0 amide bonds. The third-order valence-corrected chi connectivity index (χ3v) is 4.08. The molecule has 0 unspecified atom stereocenters. The van der Waals surface area contributed by atoms with E-state index in [1.54, 1.807) is 12.1 Å². The van der Waals surface area contributed by atoms with E-state index < -0.39 is 0 Å². The number of benzene rings is 2. The van der Waals surface area contributed by atoms with Gasteiger partial charge in [-0.2, -0.15) is 0 Å². The van der Waals surface area contributed by atoms with Gasteiger partial charge in [-0.25, -0.2) is 0 Å². The Labute approximate surface area is 124 Å². The lowest BCUT2D eigenvalue weighted by Crippen LogP contribution is -2.22. The molecular weight excluding hydrogens is 264 g/mol. The molecule has 0 saturated carbocycles. The fourth-order valence-corrected chi connectivity index (χ4v) is 3.03. The van der Waals surface area contributed by atoms with Crippen LogP contribution in [0.15, 0.2) is 54.6 Å². The summed E-state index contributed by atoms with van der Waals surface area (Å²) >= 11 is 0. The molecule has 108 valence electrons. The molecule has 1 saturated heterocycles. The molecule has 2 aromatic rings. The third kappa shape index (κ3) is 3.11. The molecule has 3 rings (SSSR count). The molecule has 1 fully saturated rings. The fraction of sp³-hybridized carbons (Fsp3) is 0.294. The summed E-state index contributed by atoms with van der Waals surface area (Å²) in [5, 5.41) is 10.7. The van der Waals surface area contributed by atoms with E-state index in [0.717, 1.165) is 18.7 Å². The third-order valence-electron chi connectivity index (χ3n) is 4.08. The Morgan fingerprint density at radius 1 is 1.10 bits per heavy atom. The van der Waals surface area contributed by atoms with Crippen LogP contribution in [0.1, 0.15) is 30.0 Å². The topological polar surface area (TPSA) is 46.4 Å². The Morgan fingerprint density at radius 2 is 1.81 bits per heavy atom. The number of nitro groups is 1. The predicted molar refractivity (Wildman–Crippen MR) is 81.9 cm³/mol. The van der Waals surface area contributed by atoms with Crippen molar-refractivity contribution in [1.82, 2.24) is 4.90 Å².